The van der Waals surface area contributed by atoms with Crippen LogP contribution in [0.3, 0.4) is 0 Å². The fourth-order valence-corrected chi connectivity index (χ4v) is 4.72. The summed E-state index contributed by atoms with van der Waals surface area (Å²) in [5.41, 5.74) is 5.25. The highest BCUT2D eigenvalue weighted by Crippen LogP contribution is 2.35. The first kappa shape index (κ1) is 25.0. The number of hydrogen-bond acceptors (Lipinski definition) is 7. The molecule has 0 radical (unpaired) electrons. The Bertz CT molecular complexity index is 1760. The average Bonchev–Trinajstić information content (AvgIpc) is 3.56. The van der Waals surface area contributed by atoms with Gasteiger partial charge in [-0.25, -0.2) is 9.67 Å². The molecule has 1 aliphatic rings. The SMILES string of the molecule is CC(=O)Oc1ccc(C2OC(c3cc(-c4ccccc4)nc4c3c(C)nn4-c3ccccc3)=NN2C(C)=O)cc1. The number of para-hydroxylation sites is 1. The van der Waals surface area contributed by atoms with E-state index in [-0.39, 0.29) is 11.8 Å². The lowest BCUT2D eigenvalue weighted by atomic mass is 10.1. The average molecular weight is 532 g/mol. The molecule has 0 bridgehead atoms. The van der Waals surface area contributed by atoms with Crippen molar-refractivity contribution >= 4 is 28.8 Å². The van der Waals surface area contributed by atoms with Crippen LogP contribution >= 0.6 is 0 Å². The second kappa shape index (κ2) is 10.1. The summed E-state index contributed by atoms with van der Waals surface area (Å²) in [6, 6.07) is 28.4. The molecule has 0 aliphatic carbocycles. The van der Waals surface area contributed by atoms with Crippen LogP contribution in [-0.4, -0.2) is 37.5 Å². The third kappa shape index (κ3) is 4.58. The number of aryl methyl sites for hydroxylation is 1. The largest absolute Gasteiger partial charge is 0.446 e. The number of fused-ring (bicyclic) bond motifs is 1. The Labute approximate surface area is 230 Å². The molecule has 9 heteroatoms. The number of amides is 1. The summed E-state index contributed by atoms with van der Waals surface area (Å²) in [4.78, 5) is 29.0. The van der Waals surface area contributed by atoms with Gasteiger partial charge < -0.3 is 9.47 Å². The van der Waals surface area contributed by atoms with E-state index in [4.69, 9.17) is 19.6 Å². The molecule has 1 atom stereocenters. The Morgan fingerprint density at radius 3 is 2.23 bits per heavy atom. The predicted molar refractivity (Wildman–Crippen MR) is 150 cm³/mol. The zero-order chi connectivity index (χ0) is 27.8. The normalized spacial score (nSPS) is 14.6. The molecule has 0 fully saturated rings. The van der Waals surface area contributed by atoms with E-state index in [1.807, 2.05) is 78.3 Å². The van der Waals surface area contributed by atoms with E-state index < -0.39 is 12.2 Å². The Morgan fingerprint density at radius 2 is 1.57 bits per heavy atom. The lowest BCUT2D eigenvalue weighted by molar-refractivity contribution is -0.135. The van der Waals surface area contributed by atoms with Gasteiger partial charge in [0.25, 0.3) is 0 Å². The molecule has 3 aromatic carbocycles. The summed E-state index contributed by atoms with van der Waals surface area (Å²) in [6.07, 6.45) is -0.799. The molecule has 0 saturated heterocycles. The number of carbonyl (C=O) groups is 2. The van der Waals surface area contributed by atoms with E-state index in [9.17, 15) is 9.59 Å². The Hall–Kier alpha value is -5.31. The van der Waals surface area contributed by atoms with Crippen LogP contribution in [0.15, 0.2) is 96.1 Å². The molecule has 6 rings (SSSR count). The van der Waals surface area contributed by atoms with Crippen LogP contribution in [0.5, 0.6) is 5.75 Å². The first-order valence-electron chi connectivity index (χ1n) is 12.7. The number of benzene rings is 3. The van der Waals surface area contributed by atoms with Gasteiger partial charge in [-0.1, -0.05) is 48.5 Å². The van der Waals surface area contributed by atoms with Crippen molar-refractivity contribution in [1.82, 2.24) is 19.8 Å². The first-order chi connectivity index (χ1) is 19.4. The number of carbonyl (C=O) groups excluding carboxylic acids is 2. The van der Waals surface area contributed by atoms with Gasteiger partial charge in [-0.15, -0.1) is 5.10 Å². The van der Waals surface area contributed by atoms with Gasteiger partial charge in [0, 0.05) is 25.0 Å². The smallest absolute Gasteiger partial charge is 0.308 e. The van der Waals surface area contributed by atoms with Gasteiger partial charge in [0.15, 0.2) is 5.65 Å². The van der Waals surface area contributed by atoms with E-state index in [0.29, 0.717) is 22.5 Å². The van der Waals surface area contributed by atoms with Crippen molar-refractivity contribution in [2.45, 2.75) is 27.0 Å². The highest BCUT2D eigenvalue weighted by Gasteiger charge is 2.35. The number of hydrogen-bond donors (Lipinski definition) is 0. The summed E-state index contributed by atoms with van der Waals surface area (Å²) in [5, 5.41) is 11.5. The summed E-state index contributed by atoms with van der Waals surface area (Å²) >= 11 is 0. The molecule has 3 heterocycles. The minimum atomic E-state index is -0.799. The molecule has 2 aromatic heterocycles. The van der Waals surface area contributed by atoms with Crippen LogP contribution in [0.25, 0.3) is 28.0 Å². The number of aromatic nitrogens is 3. The molecule has 0 spiro atoms. The van der Waals surface area contributed by atoms with Gasteiger partial charge in [-0.3, -0.25) is 9.59 Å². The van der Waals surface area contributed by atoms with Gasteiger partial charge >= 0.3 is 5.97 Å². The molecule has 1 aliphatic heterocycles. The maximum atomic E-state index is 12.7. The zero-order valence-corrected chi connectivity index (χ0v) is 22.1. The zero-order valence-electron chi connectivity index (χ0n) is 22.1. The Morgan fingerprint density at radius 1 is 0.900 bits per heavy atom. The van der Waals surface area contributed by atoms with Crippen LogP contribution in [-0.2, 0) is 14.3 Å². The summed E-state index contributed by atoms with van der Waals surface area (Å²) in [7, 11) is 0. The van der Waals surface area contributed by atoms with Crippen molar-refractivity contribution in [3.05, 3.63) is 108 Å². The van der Waals surface area contributed by atoms with E-state index in [2.05, 4.69) is 5.10 Å². The standard InChI is InChI=1S/C31H25N5O4/c1-19-28-26(30-34-35(20(2)37)31(40-30)23-14-16-25(17-15-23)39-21(3)38)18-27(22-10-6-4-7-11-22)32-29(28)36(33-19)24-12-8-5-9-13-24/h4-18,31H,1-3H3. The van der Waals surface area contributed by atoms with Crippen LogP contribution in [0.4, 0.5) is 0 Å². The molecule has 0 saturated carbocycles. The molecule has 0 N–H and O–H groups in total. The molecular weight excluding hydrogens is 506 g/mol. The number of pyridine rings is 1. The van der Waals surface area contributed by atoms with E-state index in [0.717, 1.165) is 28.0 Å². The van der Waals surface area contributed by atoms with Crippen molar-refractivity contribution in [2.75, 3.05) is 0 Å². The Kier molecular flexibility index (Phi) is 6.31. The minimum Gasteiger partial charge on any atom is -0.446 e. The maximum absolute atomic E-state index is 12.7. The molecular formula is C31H25N5O4. The predicted octanol–water partition coefficient (Wildman–Crippen LogP) is 5.56. The monoisotopic (exact) mass is 531 g/mol. The highest BCUT2D eigenvalue weighted by molar-refractivity contribution is 6.08. The fraction of sp³-hybridized carbons (Fsp3) is 0.129. The lowest BCUT2D eigenvalue weighted by Crippen LogP contribution is -2.25. The number of nitrogens with zero attached hydrogens (tertiary/aromatic N) is 5. The van der Waals surface area contributed by atoms with Crippen molar-refractivity contribution in [2.24, 2.45) is 5.10 Å². The fourth-order valence-electron chi connectivity index (χ4n) is 4.72. The van der Waals surface area contributed by atoms with Crippen molar-refractivity contribution in [1.29, 1.82) is 0 Å². The molecule has 9 nitrogen and oxygen atoms in total. The minimum absolute atomic E-state index is 0.282. The molecule has 198 valence electrons. The first-order valence-corrected chi connectivity index (χ1v) is 12.7. The van der Waals surface area contributed by atoms with Crippen molar-refractivity contribution < 1.29 is 19.1 Å². The second-order valence-corrected chi connectivity index (χ2v) is 9.35. The third-order valence-electron chi connectivity index (χ3n) is 6.51. The van der Waals surface area contributed by atoms with E-state index in [1.54, 1.807) is 24.3 Å². The van der Waals surface area contributed by atoms with Crippen LogP contribution in [0.2, 0.25) is 0 Å². The lowest BCUT2D eigenvalue weighted by Gasteiger charge is -2.19. The van der Waals surface area contributed by atoms with Crippen molar-refractivity contribution in [3.63, 3.8) is 0 Å². The summed E-state index contributed by atoms with van der Waals surface area (Å²) in [6.45, 7) is 4.69. The molecule has 40 heavy (non-hydrogen) atoms. The van der Waals surface area contributed by atoms with Gasteiger partial charge in [-0.2, -0.15) is 10.1 Å². The van der Waals surface area contributed by atoms with Gasteiger partial charge in [0.2, 0.25) is 18.0 Å². The number of rotatable bonds is 5. The Balaban J connectivity index is 1.49. The van der Waals surface area contributed by atoms with E-state index in [1.165, 1.54) is 18.9 Å². The van der Waals surface area contributed by atoms with E-state index >= 15 is 0 Å². The van der Waals surface area contributed by atoms with Gasteiger partial charge in [0.1, 0.15) is 5.75 Å². The number of ether oxygens (including phenoxy) is 2. The number of hydrazone groups is 1. The highest BCUT2D eigenvalue weighted by atomic mass is 16.5. The quantitative estimate of drug-likeness (QED) is 0.218. The maximum Gasteiger partial charge on any atom is 0.308 e. The van der Waals surface area contributed by atoms with Gasteiger partial charge in [0.05, 0.1) is 28.0 Å². The molecule has 1 unspecified atom stereocenters. The topological polar surface area (TPSA) is 98.9 Å². The van der Waals surface area contributed by atoms with Crippen LogP contribution < -0.4 is 4.74 Å². The number of esters is 1. The van der Waals surface area contributed by atoms with Gasteiger partial charge in [-0.05, 0) is 49.4 Å². The summed E-state index contributed by atoms with van der Waals surface area (Å²) < 4.78 is 13.3. The van der Waals surface area contributed by atoms with Crippen LogP contribution in [0, 0.1) is 6.92 Å². The molecule has 1 amide bonds. The second-order valence-electron chi connectivity index (χ2n) is 9.35. The van der Waals surface area contributed by atoms with Crippen molar-refractivity contribution in [3.8, 4) is 22.7 Å². The van der Waals surface area contributed by atoms with Crippen LogP contribution in [0.1, 0.15) is 36.9 Å². The summed E-state index contributed by atoms with van der Waals surface area (Å²) in [5.74, 6) is -0.0147. The molecule has 5 aromatic rings. The third-order valence-corrected chi connectivity index (χ3v) is 6.51.